The third kappa shape index (κ3) is 4.21. The lowest BCUT2D eigenvalue weighted by Gasteiger charge is -2.24. The van der Waals surface area contributed by atoms with Gasteiger partial charge in [-0.05, 0) is 37.1 Å². The molecule has 1 amide bonds. The van der Waals surface area contributed by atoms with Gasteiger partial charge in [-0.2, -0.15) is 0 Å². The highest BCUT2D eigenvalue weighted by molar-refractivity contribution is 5.92. The number of ether oxygens (including phenoxy) is 1. The van der Waals surface area contributed by atoms with Crippen molar-refractivity contribution < 1.29 is 9.53 Å². The monoisotopic (exact) mass is 277 g/mol. The Morgan fingerprint density at radius 3 is 2.50 bits per heavy atom. The van der Waals surface area contributed by atoms with Crippen molar-refractivity contribution >= 4 is 17.3 Å². The largest absolute Gasteiger partial charge is 0.382 e. The number of carbonyl (C=O) groups is 1. The molecule has 1 aromatic carbocycles. The molecule has 1 aliphatic rings. The van der Waals surface area contributed by atoms with E-state index in [1.807, 2.05) is 31.2 Å². The Morgan fingerprint density at radius 1 is 1.30 bits per heavy atom. The molecule has 1 aromatic rings. The van der Waals surface area contributed by atoms with Gasteiger partial charge in [0, 0.05) is 43.1 Å². The lowest BCUT2D eigenvalue weighted by molar-refractivity contribution is -0.119. The molecule has 0 aromatic heterocycles. The van der Waals surface area contributed by atoms with Crippen molar-refractivity contribution in [2.75, 3.05) is 30.4 Å². The number of carbonyl (C=O) groups excluding carboxylic acids is 1. The molecule has 0 saturated carbocycles. The highest BCUT2D eigenvalue weighted by Gasteiger charge is 2.13. The molecule has 0 bridgehead atoms. The van der Waals surface area contributed by atoms with Gasteiger partial charge in [-0.15, -0.1) is 0 Å². The summed E-state index contributed by atoms with van der Waals surface area (Å²) in [5.41, 5.74) is 7.34. The number of amides is 1. The molecule has 20 heavy (non-hydrogen) atoms. The summed E-state index contributed by atoms with van der Waals surface area (Å²) in [7, 11) is 0. The van der Waals surface area contributed by atoms with E-state index < -0.39 is 0 Å². The highest BCUT2D eigenvalue weighted by Crippen LogP contribution is 2.18. The van der Waals surface area contributed by atoms with Gasteiger partial charge in [0.2, 0.25) is 5.91 Å². The number of hydrogen-bond acceptors (Lipinski definition) is 4. The number of benzene rings is 1. The molecule has 0 spiro atoms. The zero-order valence-electron chi connectivity index (χ0n) is 11.9. The van der Waals surface area contributed by atoms with Crippen molar-refractivity contribution in [3.8, 4) is 0 Å². The maximum Gasteiger partial charge on any atom is 0.228 e. The van der Waals surface area contributed by atoms with Crippen LogP contribution < -0.4 is 16.4 Å². The SMILES string of the molecule is CC(CN)C(=O)Nc1ccc(NC2CCOCC2)cc1. The minimum absolute atomic E-state index is 0.0439. The van der Waals surface area contributed by atoms with Crippen LogP contribution in [-0.4, -0.2) is 31.7 Å². The van der Waals surface area contributed by atoms with Crippen molar-refractivity contribution in [1.29, 1.82) is 0 Å². The lowest BCUT2D eigenvalue weighted by Crippen LogP contribution is -2.28. The van der Waals surface area contributed by atoms with Gasteiger partial charge < -0.3 is 21.1 Å². The summed E-state index contributed by atoms with van der Waals surface area (Å²) < 4.78 is 5.34. The maximum atomic E-state index is 11.7. The minimum atomic E-state index is -0.171. The topological polar surface area (TPSA) is 76.4 Å². The van der Waals surface area contributed by atoms with Gasteiger partial charge in [0.25, 0.3) is 0 Å². The molecule has 1 atom stereocenters. The van der Waals surface area contributed by atoms with Crippen molar-refractivity contribution in [3.63, 3.8) is 0 Å². The molecule has 1 heterocycles. The first kappa shape index (κ1) is 14.8. The van der Waals surface area contributed by atoms with Gasteiger partial charge in [0.05, 0.1) is 0 Å². The molecule has 110 valence electrons. The fraction of sp³-hybridized carbons (Fsp3) is 0.533. The Morgan fingerprint density at radius 2 is 1.90 bits per heavy atom. The van der Waals surface area contributed by atoms with Gasteiger partial charge in [-0.3, -0.25) is 4.79 Å². The lowest BCUT2D eigenvalue weighted by atomic mass is 10.1. The molecule has 1 saturated heterocycles. The fourth-order valence-corrected chi connectivity index (χ4v) is 2.10. The average Bonchev–Trinajstić information content (AvgIpc) is 2.49. The van der Waals surface area contributed by atoms with Crippen LogP contribution in [0.2, 0.25) is 0 Å². The predicted molar refractivity (Wildman–Crippen MR) is 80.8 cm³/mol. The average molecular weight is 277 g/mol. The molecule has 0 aliphatic carbocycles. The third-order valence-corrected chi connectivity index (χ3v) is 3.55. The number of nitrogens with one attached hydrogen (secondary N) is 2. The number of rotatable bonds is 5. The Balaban J connectivity index is 1.87. The van der Waals surface area contributed by atoms with E-state index in [1.54, 1.807) is 0 Å². The molecule has 1 fully saturated rings. The first-order valence-corrected chi connectivity index (χ1v) is 7.14. The summed E-state index contributed by atoms with van der Waals surface area (Å²) in [5.74, 6) is -0.215. The van der Waals surface area contributed by atoms with Crippen LogP contribution in [0.4, 0.5) is 11.4 Å². The predicted octanol–water partition coefficient (Wildman–Crippen LogP) is 1.81. The summed E-state index contributed by atoms with van der Waals surface area (Å²) in [6, 6.07) is 8.25. The Labute approximate surface area is 119 Å². The Kier molecular flexibility index (Phi) is 5.38. The molecule has 5 heteroatoms. The summed E-state index contributed by atoms with van der Waals surface area (Å²) in [6.07, 6.45) is 2.07. The normalized spacial score (nSPS) is 17.5. The van der Waals surface area contributed by atoms with Crippen LogP contribution >= 0.6 is 0 Å². The van der Waals surface area contributed by atoms with Crippen LogP contribution in [-0.2, 0) is 9.53 Å². The number of hydrogen-bond donors (Lipinski definition) is 3. The van der Waals surface area contributed by atoms with Crippen LogP contribution in [0.15, 0.2) is 24.3 Å². The van der Waals surface area contributed by atoms with Crippen molar-refractivity contribution in [2.24, 2.45) is 11.7 Å². The molecular weight excluding hydrogens is 254 g/mol. The summed E-state index contributed by atoms with van der Waals surface area (Å²) in [6.45, 7) is 3.82. The standard InChI is InChI=1S/C15H23N3O2/c1-11(10-16)15(19)18-13-4-2-12(3-5-13)17-14-6-8-20-9-7-14/h2-5,11,14,17H,6-10,16H2,1H3,(H,18,19). The molecule has 5 nitrogen and oxygen atoms in total. The Hall–Kier alpha value is -1.59. The molecule has 2 rings (SSSR count). The van der Waals surface area contributed by atoms with Crippen LogP contribution in [0.25, 0.3) is 0 Å². The summed E-state index contributed by atoms with van der Waals surface area (Å²) in [5, 5.41) is 6.34. The van der Waals surface area contributed by atoms with Crippen molar-refractivity contribution in [1.82, 2.24) is 0 Å². The minimum Gasteiger partial charge on any atom is -0.382 e. The van der Waals surface area contributed by atoms with Crippen LogP contribution in [0.1, 0.15) is 19.8 Å². The van der Waals surface area contributed by atoms with Crippen LogP contribution in [0.5, 0.6) is 0 Å². The zero-order valence-corrected chi connectivity index (χ0v) is 11.9. The molecule has 1 aliphatic heterocycles. The molecular formula is C15H23N3O2. The number of nitrogens with two attached hydrogens (primary N) is 1. The Bertz CT molecular complexity index is 427. The van der Waals surface area contributed by atoms with Gasteiger partial charge in [-0.1, -0.05) is 6.92 Å². The van der Waals surface area contributed by atoms with Crippen LogP contribution in [0.3, 0.4) is 0 Å². The van der Waals surface area contributed by atoms with Crippen molar-refractivity contribution in [3.05, 3.63) is 24.3 Å². The second kappa shape index (κ2) is 7.26. The van der Waals surface area contributed by atoms with Crippen LogP contribution in [0, 0.1) is 5.92 Å². The van der Waals surface area contributed by atoms with E-state index in [1.165, 1.54) is 0 Å². The second-order valence-corrected chi connectivity index (χ2v) is 5.23. The van der Waals surface area contributed by atoms with E-state index in [0.29, 0.717) is 12.6 Å². The fourth-order valence-electron chi connectivity index (χ4n) is 2.10. The first-order valence-electron chi connectivity index (χ1n) is 7.14. The highest BCUT2D eigenvalue weighted by atomic mass is 16.5. The van der Waals surface area contributed by atoms with E-state index in [9.17, 15) is 4.79 Å². The molecule has 4 N–H and O–H groups in total. The summed E-state index contributed by atoms with van der Waals surface area (Å²) in [4.78, 5) is 11.7. The van der Waals surface area contributed by atoms with E-state index in [2.05, 4.69) is 10.6 Å². The van der Waals surface area contributed by atoms with E-state index >= 15 is 0 Å². The van der Waals surface area contributed by atoms with E-state index in [0.717, 1.165) is 37.4 Å². The van der Waals surface area contributed by atoms with Gasteiger partial charge in [-0.25, -0.2) is 0 Å². The zero-order chi connectivity index (χ0) is 14.4. The van der Waals surface area contributed by atoms with Crippen molar-refractivity contribution in [2.45, 2.75) is 25.8 Å². The quantitative estimate of drug-likeness (QED) is 0.767. The first-order chi connectivity index (χ1) is 9.69. The van der Waals surface area contributed by atoms with Gasteiger partial charge >= 0.3 is 0 Å². The summed E-state index contributed by atoms with van der Waals surface area (Å²) >= 11 is 0. The van der Waals surface area contributed by atoms with E-state index in [-0.39, 0.29) is 11.8 Å². The van der Waals surface area contributed by atoms with Gasteiger partial charge in [0.15, 0.2) is 0 Å². The maximum absolute atomic E-state index is 11.7. The third-order valence-electron chi connectivity index (χ3n) is 3.55. The molecule has 1 unspecified atom stereocenters. The van der Waals surface area contributed by atoms with Gasteiger partial charge in [0.1, 0.15) is 0 Å². The molecule has 0 radical (unpaired) electrons. The van der Waals surface area contributed by atoms with E-state index in [4.69, 9.17) is 10.5 Å². The second-order valence-electron chi connectivity index (χ2n) is 5.23. The smallest absolute Gasteiger partial charge is 0.228 e. The number of anilines is 2.